The van der Waals surface area contributed by atoms with Gasteiger partial charge in [-0.05, 0) is 36.8 Å². The van der Waals surface area contributed by atoms with Crippen LogP contribution in [0.4, 0.5) is 10.1 Å². The zero-order chi connectivity index (χ0) is 13.8. The summed E-state index contributed by atoms with van der Waals surface area (Å²) in [5, 5.41) is 11.9. The number of amides is 1. The molecule has 2 N–H and O–H groups in total. The molecular formula is C15H14FNO2. The number of aryl methyl sites for hydroxylation is 1. The maximum absolute atomic E-state index is 13.0. The fraction of sp³-hybridized carbons (Fsp3) is 0.133. The standard InChI is InChI=1S/C15H14FNO2/c1-10-8-12(16)6-7-13(10)15(19)17-14-5-3-2-4-11(14)9-18/h2-8,18H,9H2,1H3,(H,17,19). The Morgan fingerprint density at radius 1 is 1.26 bits per heavy atom. The van der Waals surface area contributed by atoms with Crippen molar-refractivity contribution < 1.29 is 14.3 Å². The van der Waals surface area contributed by atoms with Gasteiger partial charge in [0.1, 0.15) is 5.82 Å². The molecule has 0 aliphatic heterocycles. The molecule has 0 aliphatic rings. The average Bonchev–Trinajstić information content (AvgIpc) is 2.39. The Kier molecular flexibility index (Phi) is 3.92. The summed E-state index contributed by atoms with van der Waals surface area (Å²) >= 11 is 0. The van der Waals surface area contributed by atoms with E-state index >= 15 is 0 Å². The Morgan fingerprint density at radius 3 is 2.68 bits per heavy atom. The summed E-state index contributed by atoms with van der Waals surface area (Å²) < 4.78 is 13.0. The van der Waals surface area contributed by atoms with E-state index in [1.165, 1.54) is 18.2 Å². The van der Waals surface area contributed by atoms with E-state index in [2.05, 4.69) is 5.32 Å². The van der Waals surface area contributed by atoms with Crippen LogP contribution in [0.2, 0.25) is 0 Å². The normalized spacial score (nSPS) is 10.3. The minimum Gasteiger partial charge on any atom is -0.392 e. The molecule has 0 aliphatic carbocycles. The second kappa shape index (κ2) is 5.63. The number of aliphatic hydroxyl groups is 1. The monoisotopic (exact) mass is 259 g/mol. The second-order valence-electron chi connectivity index (χ2n) is 4.23. The number of benzene rings is 2. The molecule has 3 nitrogen and oxygen atoms in total. The van der Waals surface area contributed by atoms with Gasteiger partial charge in [-0.1, -0.05) is 18.2 Å². The van der Waals surface area contributed by atoms with Crippen molar-refractivity contribution in [3.63, 3.8) is 0 Å². The van der Waals surface area contributed by atoms with Gasteiger partial charge < -0.3 is 10.4 Å². The molecular weight excluding hydrogens is 245 g/mol. The molecule has 0 atom stereocenters. The second-order valence-corrected chi connectivity index (χ2v) is 4.23. The van der Waals surface area contributed by atoms with E-state index in [-0.39, 0.29) is 18.3 Å². The molecule has 0 saturated heterocycles. The molecule has 0 unspecified atom stereocenters. The quantitative estimate of drug-likeness (QED) is 0.890. The number of aliphatic hydroxyl groups excluding tert-OH is 1. The molecule has 0 heterocycles. The van der Waals surface area contributed by atoms with Crippen LogP contribution in [0.5, 0.6) is 0 Å². The average molecular weight is 259 g/mol. The highest BCUT2D eigenvalue weighted by Gasteiger charge is 2.11. The number of halogens is 1. The molecule has 0 radical (unpaired) electrons. The number of hydrogen-bond acceptors (Lipinski definition) is 2. The highest BCUT2D eigenvalue weighted by atomic mass is 19.1. The first kappa shape index (κ1) is 13.2. The number of carbonyl (C=O) groups excluding carboxylic acids is 1. The fourth-order valence-corrected chi connectivity index (χ4v) is 1.85. The Hall–Kier alpha value is -2.20. The van der Waals surface area contributed by atoms with Gasteiger partial charge in [-0.15, -0.1) is 0 Å². The van der Waals surface area contributed by atoms with Crippen LogP contribution >= 0.6 is 0 Å². The van der Waals surface area contributed by atoms with Gasteiger partial charge in [0.15, 0.2) is 0 Å². The van der Waals surface area contributed by atoms with E-state index in [9.17, 15) is 14.3 Å². The third-order valence-electron chi connectivity index (χ3n) is 2.87. The van der Waals surface area contributed by atoms with Crippen molar-refractivity contribution in [3.8, 4) is 0 Å². The topological polar surface area (TPSA) is 49.3 Å². The summed E-state index contributed by atoms with van der Waals surface area (Å²) in [5.41, 5.74) is 2.17. The summed E-state index contributed by atoms with van der Waals surface area (Å²) in [6.07, 6.45) is 0. The van der Waals surface area contributed by atoms with Gasteiger partial charge in [0.05, 0.1) is 6.61 Å². The maximum Gasteiger partial charge on any atom is 0.255 e. The molecule has 98 valence electrons. The van der Waals surface area contributed by atoms with Gasteiger partial charge >= 0.3 is 0 Å². The Balaban J connectivity index is 2.26. The van der Waals surface area contributed by atoms with E-state index in [0.717, 1.165) is 0 Å². The third-order valence-corrected chi connectivity index (χ3v) is 2.87. The van der Waals surface area contributed by atoms with Crippen molar-refractivity contribution in [1.29, 1.82) is 0 Å². The van der Waals surface area contributed by atoms with Gasteiger partial charge in [0, 0.05) is 16.8 Å². The van der Waals surface area contributed by atoms with Crippen LogP contribution in [0.25, 0.3) is 0 Å². The van der Waals surface area contributed by atoms with Gasteiger partial charge in [0.2, 0.25) is 0 Å². The van der Waals surface area contributed by atoms with Crippen molar-refractivity contribution in [2.45, 2.75) is 13.5 Å². The van der Waals surface area contributed by atoms with Gasteiger partial charge in [0.25, 0.3) is 5.91 Å². The molecule has 0 aromatic heterocycles. The van der Waals surface area contributed by atoms with Crippen molar-refractivity contribution in [2.24, 2.45) is 0 Å². The van der Waals surface area contributed by atoms with Crippen molar-refractivity contribution in [3.05, 3.63) is 65.0 Å². The molecule has 4 heteroatoms. The van der Waals surface area contributed by atoms with Crippen molar-refractivity contribution in [2.75, 3.05) is 5.32 Å². The Labute approximate surface area is 110 Å². The van der Waals surface area contributed by atoms with E-state index in [4.69, 9.17) is 0 Å². The SMILES string of the molecule is Cc1cc(F)ccc1C(=O)Nc1ccccc1CO. The lowest BCUT2D eigenvalue weighted by molar-refractivity contribution is 0.102. The Morgan fingerprint density at radius 2 is 2.00 bits per heavy atom. The summed E-state index contributed by atoms with van der Waals surface area (Å²) in [5.74, 6) is -0.691. The van der Waals surface area contributed by atoms with Crippen LogP contribution in [0, 0.1) is 12.7 Å². The van der Waals surface area contributed by atoms with Gasteiger partial charge in [-0.3, -0.25) is 4.79 Å². The first-order valence-electron chi connectivity index (χ1n) is 5.88. The molecule has 2 aromatic carbocycles. The molecule has 2 rings (SSSR count). The molecule has 19 heavy (non-hydrogen) atoms. The summed E-state index contributed by atoms with van der Waals surface area (Å²) in [7, 11) is 0. The lowest BCUT2D eigenvalue weighted by atomic mass is 10.1. The predicted octanol–water partition coefficient (Wildman–Crippen LogP) is 2.88. The highest BCUT2D eigenvalue weighted by Crippen LogP contribution is 2.17. The van der Waals surface area contributed by atoms with Crippen LogP contribution in [-0.2, 0) is 6.61 Å². The van der Waals surface area contributed by atoms with Gasteiger partial charge in [-0.2, -0.15) is 0 Å². The lowest BCUT2D eigenvalue weighted by Crippen LogP contribution is -2.14. The van der Waals surface area contributed by atoms with Crippen LogP contribution in [0.1, 0.15) is 21.5 Å². The molecule has 0 spiro atoms. The molecule has 1 amide bonds. The molecule has 0 fully saturated rings. The summed E-state index contributed by atoms with van der Waals surface area (Å²) in [6, 6.07) is 11.0. The number of hydrogen-bond donors (Lipinski definition) is 2. The molecule has 0 bridgehead atoms. The first-order chi connectivity index (χ1) is 9.11. The minimum atomic E-state index is -0.371. The number of nitrogens with one attached hydrogen (secondary N) is 1. The Bertz CT molecular complexity index is 611. The number of rotatable bonds is 3. The van der Waals surface area contributed by atoms with Crippen LogP contribution in [-0.4, -0.2) is 11.0 Å². The first-order valence-corrected chi connectivity index (χ1v) is 5.88. The van der Waals surface area contributed by atoms with E-state index in [1.807, 2.05) is 0 Å². The van der Waals surface area contributed by atoms with Crippen LogP contribution in [0.15, 0.2) is 42.5 Å². The smallest absolute Gasteiger partial charge is 0.255 e. The van der Waals surface area contributed by atoms with Crippen LogP contribution in [0.3, 0.4) is 0 Å². The lowest BCUT2D eigenvalue weighted by Gasteiger charge is -2.10. The number of anilines is 1. The van der Waals surface area contributed by atoms with E-state index in [1.54, 1.807) is 31.2 Å². The predicted molar refractivity (Wildman–Crippen MR) is 71.5 cm³/mol. The number of carbonyl (C=O) groups is 1. The maximum atomic E-state index is 13.0. The molecule has 2 aromatic rings. The molecule has 0 saturated carbocycles. The zero-order valence-electron chi connectivity index (χ0n) is 10.5. The van der Waals surface area contributed by atoms with E-state index in [0.29, 0.717) is 22.4 Å². The van der Waals surface area contributed by atoms with Crippen molar-refractivity contribution in [1.82, 2.24) is 0 Å². The largest absolute Gasteiger partial charge is 0.392 e. The van der Waals surface area contributed by atoms with E-state index < -0.39 is 0 Å². The van der Waals surface area contributed by atoms with Gasteiger partial charge in [-0.25, -0.2) is 4.39 Å². The highest BCUT2D eigenvalue weighted by molar-refractivity contribution is 6.05. The summed E-state index contributed by atoms with van der Waals surface area (Å²) in [4.78, 5) is 12.1. The fourth-order valence-electron chi connectivity index (χ4n) is 1.85. The van der Waals surface area contributed by atoms with Crippen LogP contribution < -0.4 is 5.32 Å². The third kappa shape index (κ3) is 2.98. The summed E-state index contributed by atoms with van der Waals surface area (Å²) in [6.45, 7) is 1.52. The number of para-hydroxylation sites is 1. The van der Waals surface area contributed by atoms with Crippen molar-refractivity contribution >= 4 is 11.6 Å². The minimum absolute atomic E-state index is 0.154. The zero-order valence-corrected chi connectivity index (χ0v) is 10.5.